The standard InChI is InChI=1S/C23H36N4O2/c1-3-14-27-16-8-15-26(22(29)20-9-7-12-24-19(20)2)17-13-25-21(28)18-23(27)10-5-4-6-11-23/h7,9,12H,3-6,8,10-11,13-18H2,1-2H3,(H,25,28). The van der Waals surface area contributed by atoms with Gasteiger partial charge in [-0.25, -0.2) is 0 Å². The van der Waals surface area contributed by atoms with Crippen molar-refractivity contribution in [3.05, 3.63) is 29.6 Å². The molecule has 6 nitrogen and oxygen atoms in total. The molecule has 1 spiro atoms. The first-order valence-corrected chi connectivity index (χ1v) is 11.3. The fourth-order valence-corrected chi connectivity index (χ4v) is 5.01. The highest BCUT2D eigenvalue weighted by molar-refractivity contribution is 5.95. The predicted octanol–water partition coefficient (Wildman–Crippen LogP) is 3.16. The number of amides is 2. The Kier molecular flexibility index (Phi) is 7.64. The van der Waals surface area contributed by atoms with Crippen molar-refractivity contribution < 1.29 is 9.59 Å². The Balaban J connectivity index is 1.77. The molecule has 0 atom stereocenters. The number of pyridine rings is 1. The first-order valence-electron chi connectivity index (χ1n) is 11.3. The maximum Gasteiger partial charge on any atom is 0.255 e. The van der Waals surface area contributed by atoms with Gasteiger partial charge in [-0.2, -0.15) is 0 Å². The predicted molar refractivity (Wildman–Crippen MR) is 115 cm³/mol. The molecule has 2 fully saturated rings. The number of hydrogen-bond acceptors (Lipinski definition) is 4. The molecule has 1 aromatic rings. The third-order valence-corrected chi connectivity index (χ3v) is 6.52. The van der Waals surface area contributed by atoms with Crippen molar-refractivity contribution in [3.63, 3.8) is 0 Å². The van der Waals surface area contributed by atoms with E-state index in [9.17, 15) is 9.59 Å². The maximum atomic E-state index is 13.1. The summed E-state index contributed by atoms with van der Waals surface area (Å²) >= 11 is 0. The van der Waals surface area contributed by atoms with Gasteiger partial charge in [-0.3, -0.25) is 19.5 Å². The van der Waals surface area contributed by atoms with Crippen molar-refractivity contribution in [2.45, 2.75) is 70.8 Å². The molecule has 2 heterocycles. The van der Waals surface area contributed by atoms with Crippen LogP contribution in [0.5, 0.6) is 0 Å². The molecular weight excluding hydrogens is 364 g/mol. The zero-order valence-corrected chi connectivity index (χ0v) is 18.1. The smallest absolute Gasteiger partial charge is 0.255 e. The molecule has 0 aromatic carbocycles. The summed E-state index contributed by atoms with van der Waals surface area (Å²) in [5, 5.41) is 3.09. The lowest BCUT2D eigenvalue weighted by molar-refractivity contribution is -0.125. The van der Waals surface area contributed by atoms with Gasteiger partial charge in [0.05, 0.1) is 5.56 Å². The molecule has 29 heavy (non-hydrogen) atoms. The highest BCUT2D eigenvalue weighted by Crippen LogP contribution is 2.37. The molecule has 0 unspecified atom stereocenters. The van der Waals surface area contributed by atoms with Gasteiger partial charge in [-0.05, 0) is 51.3 Å². The molecule has 1 aliphatic carbocycles. The number of nitrogens with one attached hydrogen (secondary N) is 1. The van der Waals surface area contributed by atoms with Crippen LogP contribution in [0.2, 0.25) is 0 Å². The molecule has 1 aromatic heterocycles. The number of aryl methyl sites for hydroxylation is 1. The summed E-state index contributed by atoms with van der Waals surface area (Å²) in [6, 6.07) is 3.65. The van der Waals surface area contributed by atoms with Gasteiger partial charge in [0.15, 0.2) is 0 Å². The second kappa shape index (κ2) is 10.2. The van der Waals surface area contributed by atoms with Gasteiger partial charge in [0, 0.05) is 50.0 Å². The fraction of sp³-hybridized carbons (Fsp3) is 0.696. The van der Waals surface area contributed by atoms with Crippen LogP contribution in [-0.4, -0.2) is 64.9 Å². The van der Waals surface area contributed by atoms with Crippen molar-refractivity contribution in [3.8, 4) is 0 Å². The van der Waals surface area contributed by atoms with Crippen LogP contribution in [0.25, 0.3) is 0 Å². The molecule has 6 heteroatoms. The van der Waals surface area contributed by atoms with Gasteiger partial charge < -0.3 is 10.2 Å². The first-order chi connectivity index (χ1) is 14.1. The van der Waals surface area contributed by atoms with E-state index in [0.717, 1.165) is 44.5 Å². The summed E-state index contributed by atoms with van der Waals surface area (Å²) < 4.78 is 0. The Bertz CT molecular complexity index is 700. The van der Waals surface area contributed by atoms with E-state index in [4.69, 9.17) is 0 Å². The highest BCUT2D eigenvalue weighted by Gasteiger charge is 2.39. The SMILES string of the molecule is CCCN1CCCN(C(=O)c2cccnc2C)CCNC(=O)CC12CCCCC2. The molecule has 1 saturated carbocycles. The zero-order chi connectivity index (χ0) is 20.7. The van der Waals surface area contributed by atoms with E-state index < -0.39 is 0 Å². The zero-order valence-electron chi connectivity index (χ0n) is 18.1. The lowest BCUT2D eigenvalue weighted by atomic mass is 9.77. The second-order valence-corrected chi connectivity index (χ2v) is 8.58. The molecule has 160 valence electrons. The molecule has 2 amide bonds. The van der Waals surface area contributed by atoms with Crippen molar-refractivity contribution in [1.29, 1.82) is 0 Å². The fourth-order valence-electron chi connectivity index (χ4n) is 5.01. The molecule has 0 bridgehead atoms. The van der Waals surface area contributed by atoms with E-state index in [1.54, 1.807) is 6.20 Å². The van der Waals surface area contributed by atoms with Crippen LogP contribution in [0, 0.1) is 6.92 Å². The van der Waals surface area contributed by atoms with E-state index in [0.29, 0.717) is 31.6 Å². The van der Waals surface area contributed by atoms with Crippen LogP contribution in [0.1, 0.15) is 74.3 Å². The lowest BCUT2D eigenvalue weighted by Crippen LogP contribution is -2.53. The quantitative estimate of drug-likeness (QED) is 0.846. The molecule has 2 aliphatic rings. The summed E-state index contributed by atoms with van der Waals surface area (Å²) in [5.41, 5.74) is 1.41. The van der Waals surface area contributed by atoms with Gasteiger partial charge in [0.2, 0.25) is 5.91 Å². The summed E-state index contributed by atoms with van der Waals surface area (Å²) in [5.74, 6) is 0.137. The van der Waals surface area contributed by atoms with Crippen molar-refractivity contribution in [2.75, 3.05) is 32.7 Å². The van der Waals surface area contributed by atoms with E-state index >= 15 is 0 Å². The Labute approximate surface area is 175 Å². The van der Waals surface area contributed by atoms with Crippen LogP contribution in [-0.2, 0) is 4.79 Å². The summed E-state index contributed by atoms with van der Waals surface area (Å²) in [7, 11) is 0. The third-order valence-electron chi connectivity index (χ3n) is 6.52. The van der Waals surface area contributed by atoms with Crippen molar-refractivity contribution >= 4 is 11.8 Å². The molecule has 1 N–H and O–H groups in total. The summed E-state index contributed by atoms with van der Waals surface area (Å²) in [4.78, 5) is 34.6. The Morgan fingerprint density at radius 1 is 1.17 bits per heavy atom. The summed E-state index contributed by atoms with van der Waals surface area (Å²) in [6.45, 7) is 7.80. The first kappa shape index (κ1) is 21.8. The minimum atomic E-state index is -0.00252. The average Bonchev–Trinajstić information content (AvgIpc) is 2.74. The number of aromatic nitrogens is 1. The summed E-state index contributed by atoms with van der Waals surface area (Å²) in [6.07, 6.45) is 10.2. The second-order valence-electron chi connectivity index (χ2n) is 8.58. The Morgan fingerprint density at radius 2 is 1.97 bits per heavy atom. The number of carbonyl (C=O) groups is 2. The Morgan fingerprint density at radius 3 is 2.69 bits per heavy atom. The third kappa shape index (κ3) is 5.35. The molecular formula is C23H36N4O2. The number of nitrogens with zero attached hydrogens (tertiary/aromatic N) is 3. The maximum absolute atomic E-state index is 13.1. The van der Waals surface area contributed by atoms with Gasteiger partial charge in [-0.15, -0.1) is 0 Å². The number of rotatable bonds is 3. The van der Waals surface area contributed by atoms with E-state index in [-0.39, 0.29) is 17.4 Å². The van der Waals surface area contributed by atoms with Crippen LogP contribution < -0.4 is 5.32 Å². The van der Waals surface area contributed by atoms with Crippen LogP contribution in [0.3, 0.4) is 0 Å². The largest absolute Gasteiger partial charge is 0.354 e. The highest BCUT2D eigenvalue weighted by atomic mass is 16.2. The normalized spacial score (nSPS) is 21.4. The number of hydrogen-bond donors (Lipinski definition) is 1. The van der Waals surface area contributed by atoms with Gasteiger partial charge in [-0.1, -0.05) is 26.2 Å². The van der Waals surface area contributed by atoms with Crippen LogP contribution in [0.4, 0.5) is 0 Å². The van der Waals surface area contributed by atoms with Crippen molar-refractivity contribution in [2.24, 2.45) is 0 Å². The minimum Gasteiger partial charge on any atom is -0.354 e. The topological polar surface area (TPSA) is 65.5 Å². The number of carbonyl (C=O) groups excluding carboxylic acids is 2. The van der Waals surface area contributed by atoms with E-state index in [1.165, 1.54) is 19.3 Å². The molecule has 1 aliphatic heterocycles. The van der Waals surface area contributed by atoms with Gasteiger partial charge in [0.25, 0.3) is 5.91 Å². The Hall–Kier alpha value is -1.95. The van der Waals surface area contributed by atoms with E-state index in [2.05, 4.69) is 22.1 Å². The lowest BCUT2D eigenvalue weighted by Gasteiger charge is -2.46. The van der Waals surface area contributed by atoms with Crippen LogP contribution in [0.15, 0.2) is 18.3 Å². The molecule has 3 rings (SSSR count). The van der Waals surface area contributed by atoms with E-state index in [1.807, 2.05) is 24.0 Å². The van der Waals surface area contributed by atoms with Crippen LogP contribution >= 0.6 is 0 Å². The minimum absolute atomic E-state index is 0.00252. The van der Waals surface area contributed by atoms with Crippen molar-refractivity contribution in [1.82, 2.24) is 20.1 Å². The monoisotopic (exact) mass is 400 g/mol. The molecule has 0 radical (unpaired) electrons. The average molecular weight is 401 g/mol. The molecule has 1 saturated heterocycles. The van der Waals surface area contributed by atoms with Gasteiger partial charge in [0.1, 0.15) is 0 Å². The van der Waals surface area contributed by atoms with Gasteiger partial charge >= 0.3 is 0 Å².